The largest absolute Gasteiger partial charge is 0.326 e. The van der Waals surface area contributed by atoms with Gasteiger partial charge in [-0.1, -0.05) is 32.9 Å². The zero-order valence-electron chi connectivity index (χ0n) is 9.71. The van der Waals surface area contributed by atoms with Crippen LogP contribution in [0.3, 0.4) is 0 Å². The maximum atomic E-state index is 11.6. The SMILES string of the molecule is CCc1ccc(NC(=O)[C@H](C)CC)cc1. The number of nitrogens with one attached hydrogen (secondary N) is 1. The van der Waals surface area contributed by atoms with Crippen LogP contribution in [0.1, 0.15) is 32.8 Å². The normalized spacial score (nSPS) is 12.2. The number of aryl methyl sites for hydroxylation is 1. The summed E-state index contributed by atoms with van der Waals surface area (Å²) in [7, 11) is 0. The van der Waals surface area contributed by atoms with Crippen molar-refractivity contribution < 1.29 is 4.79 Å². The van der Waals surface area contributed by atoms with Gasteiger partial charge < -0.3 is 5.32 Å². The third-order valence-electron chi connectivity index (χ3n) is 2.69. The highest BCUT2D eigenvalue weighted by Crippen LogP contribution is 2.12. The van der Waals surface area contributed by atoms with E-state index in [4.69, 9.17) is 0 Å². The molecule has 0 saturated heterocycles. The summed E-state index contributed by atoms with van der Waals surface area (Å²) < 4.78 is 0. The molecule has 1 rings (SSSR count). The van der Waals surface area contributed by atoms with Crippen molar-refractivity contribution in [2.75, 3.05) is 5.32 Å². The Morgan fingerprint density at radius 3 is 2.33 bits per heavy atom. The summed E-state index contributed by atoms with van der Waals surface area (Å²) in [5.41, 5.74) is 2.18. The van der Waals surface area contributed by atoms with Gasteiger partial charge in [0.25, 0.3) is 0 Å². The van der Waals surface area contributed by atoms with Gasteiger partial charge in [0.2, 0.25) is 5.91 Å². The highest BCUT2D eigenvalue weighted by atomic mass is 16.1. The first-order valence-corrected chi connectivity index (χ1v) is 5.57. The van der Waals surface area contributed by atoms with Crippen LogP contribution in [-0.2, 0) is 11.2 Å². The number of amides is 1. The van der Waals surface area contributed by atoms with E-state index in [1.165, 1.54) is 5.56 Å². The van der Waals surface area contributed by atoms with E-state index >= 15 is 0 Å². The van der Waals surface area contributed by atoms with Gasteiger partial charge in [0.05, 0.1) is 0 Å². The molecule has 0 aliphatic carbocycles. The Morgan fingerprint density at radius 1 is 1.27 bits per heavy atom. The number of rotatable bonds is 4. The van der Waals surface area contributed by atoms with Crippen molar-refractivity contribution in [3.63, 3.8) is 0 Å². The second-order valence-electron chi connectivity index (χ2n) is 3.85. The van der Waals surface area contributed by atoms with Crippen LogP contribution < -0.4 is 5.32 Å². The maximum Gasteiger partial charge on any atom is 0.227 e. The number of anilines is 1. The molecule has 0 saturated carbocycles. The molecule has 0 fully saturated rings. The van der Waals surface area contributed by atoms with Gasteiger partial charge in [-0.25, -0.2) is 0 Å². The van der Waals surface area contributed by atoms with Crippen LogP contribution in [0, 0.1) is 5.92 Å². The molecule has 2 nitrogen and oxygen atoms in total. The summed E-state index contributed by atoms with van der Waals surface area (Å²) >= 11 is 0. The Balaban J connectivity index is 2.61. The summed E-state index contributed by atoms with van der Waals surface area (Å²) in [5.74, 6) is 0.178. The molecule has 0 bridgehead atoms. The minimum atomic E-state index is 0.0795. The average Bonchev–Trinajstić information content (AvgIpc) is 2.29. The Morgan fingerprint density at radius 2 is 1.87 bits per heavy atom. The van der Waals surface area contributed by atoms with Crippen molar-refractivity contribution >= 4 is 11.6 Å². The van der Waals surface area contributed by atoms with Gasteiger partial charge >= 0.3 is 0 Å². The topological polar surface area (TPSA) is 29.1 Å². The Bertz CT molecular complexity index is 316. The van der Waals surface area contributed by atoms with Gasteiger partial charge in [0.15, 0.2) is 0 Å². The van der Waals surface area contributed by atoms with Crippen LogP contribution >= 0.6 is 0 Å². The molecule has 1 atom stereocenters. The molecule has 82 valence electrons. The van der Waals surface area contributed by atoms with Crippen molar-refractivity contribution in [1.29, 1.82) is 0 Å². The fourth-order valence-corrected chi connectivity index (χ4v) is 1.27. The quantitative estimate of drug-likeness (QED) is 0.803. The van der Waals surface area contributed by atoms with Crippen molar-refractivity contribution in [1.82, 2.24) is 0 Å². The Labute approximate surface area is 91.7 Å². The Hall–Kier alpha value is -1.31. The molecule has 1 amide bonds. The van der Waals surface area contributed by atoms with Gasteiger partial charge in [0, 0.05) is 11.6 Å². The monoisotopic (exact) mass is 205 g/mol. The number of carbonyl (C=O) groups excluding carboxylic acids is 1. The summed E-state index contributed by atoms with van der Waals surface area (Å²) in [6.45, 7) is 6.08. The smallest absolute Gasteiger partial charge is 0.227 e. The first-order valence-electron chi connectivity index (χ1n) is 5.57. The molecule has 0 radical (unpaired) electrons. The molecule has 0 heterocycles. The van der Waals surface area contributed by atoms with E-state index in [-0.39, 0.29) is 11.8 Å². The molecule has 0 aliphatic rings. The minimum Gasteiger partial charge on any atom is -0.326 e. The third kappa shape index (κ3) is 3.39. The lowest BCUT2D eigenvalue weighted by molar-refractivity contribution is -0.119. The predicted octanol–water partition coefficient (Wildman–Crippen LogP) is 3.23. The maximum absolute atomic E-state index is 11.6. The van der Waals surface area contributed by atoms with Crippen LogP contribution in [0.2, 0.25) is 0 Å². The number of hydrogen-bond donors (Lipinski definition) is 1. The van der Waals surface area contributed by atoms with E-state index in [0.29, 0.717) is 0 Å². The second-order valence-corrected chi connectivity index (χ2v) is 3.85. The molecule has 2 heteroatoms. The lowest BCUT2D eigenvalue weighted by atomic mass is 10.1. The number of carbonyl (C=O) groups is 1. The zero-order chi connectivity index (χ0) is 11.3. The van der Waals surface area contributed by atoms with Gasteiger partial charge in [0.1, 0.15) is 0 Å². The molecule has 1 aromatic carbocycles. The highest BCUT2D eigenvalue weighted by molar-refractivity contribution is 5.92. The van der Waals surface area contributed by atoms with Crippen LogP contribution in [0.25, 0.3) is 0 Å². The summed E-state index contributed by atoms with van der Waals surface area (Å²) in [6.07, 6.45) is 1.90. The second kappa shape index (κ2) is 5.54. The van der Waals surface area contributed by atoms with Crippen molar-refractivity contribution in [2.24, 2.45) is 5.92 Å². The van der Waals surface area contributed by atoms with Crippen LogP contribution in [0.15, 0.2) is 24.3 Å². The Kier molecular flexibility index (Phi) is 4.35. The molecule has 0 spiro atoms. The van der Waals surface area contributed by atoms with E-state index < -0.39 is 0 Å². The lowest BCUT2D eigenvalue weighted by Gasteiger charge is -2.10. The van der Waals surface area contributed by atoms with Crippen LogP contribution in [-0.4, -0.2) is 5.91 Å². The lowest BCUT2D eigenvalue weighted by Crippen LogP contribution is -2.19. The molecule has 15 heavy (non-hydrogen) atoms. The van der Waals surface area contributed by atoms with Crippen LogP contribution in [0.5, 0.6) is 0 Å². The number of hydrogen-bond acceptors (Lipinski definition) is 1. The zero-order valence-corrected chi connectivity index (χ0v) is 9.71. The molecule has 0 aromatic heterocycles. The molecular formula is C13H19NO. The highest BCUT2D eigenvalue weighted by Gasteiger charge is 2.09. The summed E-state index contributed by atoms with van der Waals surface area (Å²) in [5, 5.41) is 2.90. The summed E-state index contributed by atoms with van der Waals surface area (Å²) in [4.78, 5) is 11.6. The third-order valence-corrected chi connectivity index (χ3v) is 2.69. The van der Waals surface area contributed by atoms with E-state index in [1.54, 1.807) is 0 Å². The van der Waals surface area contributed by atoms with Gasteiger partial charge in [-0.15, -0.1) is 0 Å². The van der Waals surface area contributed by atoms with Gasteiger partial charge in [-0.05, 0) is 30.5 Å². The van der Waals surface area contributed by atoms with E-state index in [2.05, 4.69) is 12.2 Å². The van der Waals surface area contributed by atoms with Crippen molar-refractivity contribution in [3.8, 4) is 0 Å². The standard InChI is InChI=1S/C13H19NO/c1-4-10(3)13(15)14-12-8-6-11(5-2)7-9-12/h6-10H,4-5H2,1-3H3,(H,14,15)/t10-/m1/s1. The number of benzene rings is 1. The van der Waals surface area contributed by atoms with Crippen LogP contribution in [0.4, 0.5) is 5.69 Å². The molecular weight excluding hydrogens is 186 g/mol. The van der Waals surface area contributed by atoms with Gasteiger partial charge in [-0.3, -0.25) is 4.79 Å². The predicted molar refractivity (Wildman–Crippen MR) is 63.9 cm³/mol. The first-order chi connectivity index (χ1) is 7.17. The van der Waals surface area contributed by atoms with E-state index in [9.17, 15) is 4.79 Å². The first kappa shape index (κ1) is 11.8. The fourth-order valence-electron chi connectivity index (χ4n) is 1.27. The fraction of sp³-hybridized carbons (Fsp3) is 0.462. The van der Waals surface area contributed by atoms with E-state index in [1.807, 2.05) is 38.1 Å². The molecule has 1 aromatic rings. The van der Waals surface area contributed by atoms with Crippen molar-refractivity contribution in [3.05, 3.63) is 29.8 Å². The van der Waals surface area contributed by atoms with Gasteiger partial charge in [-0.2, -0.15) is 0 Å². The van der Waals surface area contributed by atoms with E-state index in [0.717, 1.165) is 18.5 Å². The minimum absolute atomic E-state index is 0.0795. The molecule has 1 N–H and O–H groups in total. The van der Waals surface area contributed by atoms with Crippen molar-refractivity contribution in [2.45, 2.75) is 33.6 Å². The average molecular weight is 205 g/mol. The molecule has 0 aliphatic heterocycles. The molecule has 0 unspecified atom stereocenters. The summed E-state index contributed by atoms with van der Waals surface area (Å²) in [6, 6.07) is 8.01.